The molecular formula is C13H27NO2. The van der Waals surface area contributed by atoms with Crippen LogP contribution in [0.5, 0.6) is 0 Å². The molecule has 0 aromatic carbocycles. The van der Waals surface area contributed by atoms with E-state index in [9.17, 15) is 0 Å². The summed E-state index contributed by atoms with van der Waals surface area (Å²) in [6.07, 6.45) is 3.99. The Hall–Kier alpha value is -0.120. The molecule has 0 atom stereocenters. The van der Waals surface area contributed by atoms with Crippen molar-refractivity contribution in [3.63, 3.8) is 0 Å². The van der Waals surface area contributed by atoms with Crippen LogP contribution in [0.4, 0.5) is 0 Å². The van der Waals surface area contributed by atoms with Gasteiger partial charge in [-0.25, -0.2) is 0 Å². The van der Waals surface area contributed by atoms with Gasteiger partial charge in [-0.05, 0) is 46.6 Å². The summed E-state index contributed by atoms with van der Waals surface area (Å²) in [5.74, 6) is 0. The third-order valence-corrected chi connectivity index (χ3v) is 2.75. The van der Waals surface area contributed by atoms with Gasteiger partial charge in [-0.3, -0.25) is 0 Å². The van der Waals surface area contributed by atoms with Crippen LogP contribution in [-0.4, -0.2) is 37.5 Å². The van der Waals surface area contributed by atoms with Gasteiger partial charge in [0.1, 0.15) is 0 Å². The molecule has 0 unspecified atom stereocenters. The van der Waals surface area contributed by atoms with Gasteiger partial charge in [-0.15, -0.1) is 0 Å². The summed E-state index contributed by atoms with van der Waals surface area (Å²) in [7, 11) is 0. The molecule has 1 aliphatic carbocycles. The number of ether oxygens (including phenoxy) is 2. The van der Waals surface area contributed by atoms with E-state index in [0.29, 0.717) is 18.8 Å². The van der Waals surface area contributed by atoms with E-state index >= 15 is 0 Å². The molecule has 0 amide bonds. The van der Waals surface area contributed by atoms with Crippen molar-refractivity contribution >= 4 is 0 Å². The number of rotatable bonds is 7. The minimum absolute atomic E-state index is 0.0474. The summed E-state index contributed by atoms with van der Waals surface area (Å²) in [6, 6.07) is 0.688. The van der Waals surface area contributed by atoms with Gasteiger partial charge in [0.25, 0.3) is 0 Å². The highest BCUT2D eigenvalue weighted by Gasteiger charge is 2.28. The second-order valence-electron chi connectivity index (χ2n) is 5.58. The minimum Gasteiger partial charge on any atom is -0.376 e. The summed E-state index contributed by atoms with van der Waals surface area (Å²) in [4.78, 5) is 0. The zero-order valence-electron chi connectivity index (χ0n) is 11.2. The molecule has 1 rings (SSSR count). The van der Waals surface area contributed by atoms with Crippen LogP contribution in [0, 0.1) is 0 Å². The Labute approximate surface area is 99.9 Å². The van der Waals surface area contributed by atoms with Gasteiger partial charge in [0.2, 0.25) is 0 Å². The van der Waals surface area contributed by atoms with E-state index in [2.05, 4.69) is 33.0 Å². The monoisotopic (exact) mass is 229 g/mol. The Morgan fingerprint density at radius 3 is 2.44 bits per heavy atom. The van der Waals surface area contributed by atoms with E-state index in [1.54, 1.807) is 0 Å². The van der Waals surface area contributed by atoms with E-state index in [-0.39, 0.29) is 5.60 Å². The van der Waals surface area contributed by atoms with Crippen LogP contribution >= 0.6 is 0 Å². The fourth-order valence-corrected chi connectivity index (χ4v) is 1.78. The first-order valence-electron chi connectivity index (χ1n) is 6.50. The van der Waals surface area contributed by atoms with E-state index in [1.165, 1.54) is 6.42 Å². The summed E-state index contributed by atoms with van der Waals surface area (Å²) in [5, 5.41) is 3.50. The van der Waals surface area contributed by atoms with Gasteiger partial charge in [0.15, 0.2) is 0 Å². The van der Waals surface area contributed by atoms with Crippen LogP contribution in [0.3, 0.4) is 0 Å². The van der Waals surface area contributed by atoms with Crippen molar-refractivity contribution in [1.29, 1.82) is 0 Å². The summed E-state index contributed by atoms with van der Waals surface area (Å²) >= 11 is 0. The Balaban J connectivity index is 1.90. The predicted octanol–water partition coefficient (Wildman–Crippen LogP) is 2.35. The van der Waals surface area contributed by atoms with Crippen LogP contribution in [0.15, 0.2) is 0 Å². The minimum atomic E-state index is -0.0474. The lowest BCUT2D eigenvalue weighted by Gasteiger charge is -2.36. The first-order valence-corrected chi connectivity index (χ1v) is 6.50. The molecule has 1 saturated carbocycles. The van der Waals surface area contributed by atoms with Crippen molar-refractivity contribution in [2.45, 2.75) is 64.7 Å². The van der Waals surface area contributed by atoms with Crippen LogP contribution in [0.2, 0.25) is 0 Å². The second kappa shape index (κ2) is 6.58. The molecule has 3 nitrogen and oxygen atoms in total. The molecule has 1 aliphatic rings. The average molecular weight is 229 g/mol. The highest BCUT2D eigenvalue weighted by Crippen LogP contribution is 2.23. The smallest absolute Gasteiger partial charge is 0.0707 e. The van der Waals surface area contributed by atoms with Crippen LogP contribution in [-0.2, 0) is 9.47 Å². The van der Waals surface area contributed by atoms with Gasteiger partial charge in [0.05, 0.1) is 24.9 Å². The molecule has 1 fully saturated rings. The van der Waals surface area contributed by atoms with Crippen molar-refractivity contribution < 1.29 is 9.47 Å². The normalized spacial score (nSPS) is 25.5. The molecular weight excluding hydrogens is 202 g/mol. The second-order valence-corrected chi connectivity index (χ2v) is 5.58. The third kappa shape index (κ3) is 5.83. The van der Waals surface area contributed by atoms with Crippen molar-refractivity contribution in [3.8, 4) is 0 Å². The van der Waals surface area contributed by atoms with Gasteiger partial charge < -0.3 is 14.8 Å². The molecule has 1 N–H and O–H groups in total. The Bertz CT molecular complexity index is 183. The van der Waals surface area contributed by atoms with E-state index in [4.69, 9.17) is 9.47 Å². The maximum absolute atomic E-state index is 5.72. The van der Waals surface area contributed by atoms with Crippen LogP contribution in [0.1, 0.15) is 47.0 Å². The highest BCUT2D eigenvalue weighted by atomic mass is 16.5. The summed E-state index contributed by atoms with van der Waals surface area (Å²) in [6.45, 7) is 11.0. The first kappa shape index (κ1) is 13.9. The lowest BCUT2D eigenvalue weighted by molar-refractivity contribution is -0.0737. The van der Waals surface area contributed by atoms with Gasteiger partial charge in [0, 0.05) is 6.04 Å². The molecule has 0 radical (unpaired) electrons. The summed E-state index contributed by atoms with van der Waals surface area (Å²) in [5.41, 5.74) is -0.0474. The van der Waals surface area contributed by atoms with Crippen LogP contribution in [0.25, 0.3) is 0 Å². The number of nitrogens with one attached hydrogen (secondary N) is 1. The van der Waals surface area contributed by atoms with E-state index in [1.807, 2.05) is 0 Å². The molecule has 0 saturated heterocycles. The third-order valence-electron chi connectivity index (χ3n) is 2.75. The Morgan fingerprint density at radius 1 is 1.19 bits per heavy atom. The average Bonchev–Trinajstić information content (AvgIpc) is 2.11. The fraction of sp³-hybridized carbons (Fsp3) is 1.00. The predicted molar refractivity (Wildman–Crippen MR) is 66.8 cm³/mol. The maximum atomic E-state index is 5.72. The summed E-state index contributed by atoms with van der Waals surface area (Å²) < 4.78 is 11.3. The van der Waals surface area contributed by atoms with Crippen molar-refractivity contribution in [1.82, 2.24) is 5.32 Å². The molecule has 3 heteroatoms. The Kier molecular flexibility index (Phi) is 5.73. The number of hydrogen-bond donors (Lipinski definition) is 1. The highest BCUT2D eigenvalue weighted by molar-refractivity contribution is 4.85. The SMILES string of the molecule is CCCNC1CC(OCCOC(C)(C)C)C1. The molecule has 0 heterocycles. The molecule has 16 heavy (non-hydrogen) atoms. The van der Waals surface area contributed by atoms with Gasteiger partial charge >= 0.3 is 0 Å². The molecule has 0 aromatic heterocycles. The number of hydrogen-bond acceptors (Lipinski definition) is 3. The molecule has 0 aromatic rings. The molecule has 0 aliphatic heterocycles. The Morgan fingerprint density at radius 2 is 1.88 bits per heavy atom. The largest absolute Gasteiger partial charge is 0.376 e. The van der Waals surface area contributed by atoms with Crippen molar-refractivity contribution in [3.05, 3.63) is 0 Å². The molecule has 0 bridgehead atoms. The lowest BCUT2D eigenvalue weighted by Crippen LogP contribution is -2.46. The zero-order valence-corrected chi connectivity index (χ0v) is 11.2. The fourth-order valence-electron chi connectivity index (χ4n) is 1.78. The maximum Gasteiger partial charge on any atom is 0.0707 e. The zero-order chi connectivity index (χ0) is 12.0. The van der Waals surface area contributed by atoms with Gasteiger partial charge in [-0.1, -0.05) is 6.92 Å². The molecule has 96 valence electrons. The quantitative estimate of drug-likeness (QED) is 0.680. The van der Waals surface area contributed by atoms with Crippen LogP contribution < -0.4 is 5.32 Å². The van der Waals surface area contributed by atoms with E-state index < -0.39 is 0 Å². The van der Waals surface area contributed by atoms with Gasteiger partial charge in [-0.2, -0.15) is 0 Å². The van der Waals surface area contributed by atoms with Crippen molar-refractivity contribution in [2.24, 2.45) is 0 Å². The van der Waals surface area contributed by atoms with E-state index in [0.717, 1.165) is 26.0 Å². The van der Waals surface area contributed by atoms with Crippen molar-refractivity contribution in [2.75, 3.05) is 19.8 Å². The lowest BCUT2D eigenvalue weighted by atomic mass is 9.89. The molecule has 0 spiro atoms. The standard InChI is InChI=1S/C13H27NO2/c1-5-6-14-11-9-12(10-11)15-7-8-16-13(2,3)4/h11-12,14H,5-10H2,1-4H3. The first-order chi connectivity index (χ1) is 7.51. The topological polar surface area (TPSA) is 30.5 Å².